The maximum Gasteiger partial charge on any atom is 0.313 e. The summed E-state index contributed by atoms with van der Waals surface area (Å²) >= 11 is 1.71. The molecule has 5 nitrogen and oxygen atoms in total. The third-order valence-electron chi connectivity index (χ3n) is 3.46. The molecule has 1 unspecified atom stereocenters. The number of thioether (sulfide) groups is 1. The largest absolute Gasteiger partial charge is 0.376 e. The number of anilines is 1. The molecule has 1 atom stereocenters. The van der Waals surface area contributed by atoms with E-state index < -0.39 is 29.0 Å². The first-order valence-corrected chi connectivity index (χ1v) is 7.78. The Hall–Kier alpha value is -1.67. The number of benzene rings is 1. The van der Waals surface area contributed by atoms with Crippen molar-refractivity contribution in [2.24, 2.45) is 0 Å². The van der Waals surface area contributed by atoms with Gasteiger partial charge < -0.3 is 15.4 Å². The van der Waals surface area contributed by atoms with E-state index in [1.165, 1.54) is 0 Å². The van der Waals surface area contributed by atoms with Gasteiger partial charge >= 0.3 is 11.8 Å². The molecule has 1 aromatic rings. The Morgan fingerprint density at radius 3 is 2.73 bits per heavy atom. The van der Waals surface area contributed by atoms with Crippen LogP contribution in [0.15, 0.2) is 18.2 Å². The average molecular weight is 330 g/mol. The number of ether oxygens (including phenoxy) is 1. The highest BCUT2D eigenvalue weighted by Gasteiger charge is 2.35. The van der Waals surface area contributed by atoms with Crippen LogP contribution in [-0.4, -0.2) is 42.6 Å². The second kappa shape index (κ2) is 7.06. The van der Waals surface area contributed by atoms with E-state index in [1.54, 1.807) is 18.9 Å². The summed E-state index contributed by atoms with van der Waals surface area (Å²) in [6, 6.07) is 2.68. The van der Waals surface area contributed by atoms with E-state index in [2.05, 4.69) is 10.6 Å². The van der Waals surface area contributed by atoms with Crippen molar-refractivity contribution in [3.63, 3.8) is 0 Å². The number of methoxy groups -OCH3 is 1. The van der Waals surface area contributed by atoms with Crippen molar-refractivity contribution in [2.75, 3.05) is 30.5 Å². The first-order valence-electron chi connectivity index (χ1n) is 6.63. The third kappa shape index (κ3) is 3.95. The van der Waals surface area contributed by atoms with Gasteiger partial charge in [-0.2, -0.15) is 11.8 Å². The van der Waals surface area contributed by atoms with E-state index in [-0.39, 0.29) is 12.2 Å². The number of rotatable bonds is 4. The summed E-state index contributed by atoms with van der Waals surface area (Å²) in [7, 11) is 1.56. The standard InChI is InChI=1S/C14H16F2N2O3S/c1-21-14(4-5-22-8-14)7-17-12(19)13(20)18-11-3-2-9(15)6-10(11)16/h2-3,6H,4-5,7-8H2,1H3,(H,17,19)(H,18,20). The van der Waals surface area contributed by atoms with E-state index >= 15 is 0 Å². The summed E-state index contributed by atoms with van der Waals surface area (Å²) in [4.78, 5) is 23.5. The number of carbonyl (C=O) groups is 2. The van der Waals surface area contributed by atoms with Crippen molar-refractivity contribution < 1.29 is 23.1 Å². The highest BCUT2D eigenvalue weighted by Crippen LogP contribution is 2.30. The van der Waals surface area contributed by atoms with Gasteiger partial charge in [0.2, 0.25) is 0 Å². The molecule has 1 aliphatic rings. The van der Waals surface area contributed by atoms with Crippen LogP contribution in [0.5, 0.6) is 0 Å². The van der Waals surface area contributed by atoms with Crippen LogP contribution < -0.4 is 10.6 Å². The van der Waals surface area contributed by atoms with Crippen molar-refractivity contribution in [3.05, 3.63) is 29.8 Å². The Bertz CT molecular complexity index is 577. The zero-order valence-electron chi connectivity index (χ0n) is 11.9. The zero-order chi connectivity index (χ0) is 16.2. The van der Waals surface area contributed by atoms with Crippen LogP contribution >= 0.6 is 11.8 Å². The molecule has 2 N–H and O–H groups in total. The Morgan fingerprint density at radius 1 is 1.36 bits per heavy atom. The molecule has 1 aromatic carbocycles. The topological polar surface area (TPSA) is 67.4 Å². The molecule has 1 heterocycles. The first-order chi connectivity index (χ1) is 10.5. The highest BCUT2D eigenvalue weighted by molar-refractivity contribution is 7.99. The second-order valence-corrected chi connectivity index (χ2v) is 6.06. The molecule has 22 heavy (non-hydrogen) atoms. The third-order valence-corrected chi connectivity index (χ3v) is 4.68. The van der Waals surface area contributed by atoms with Gasteiger partial charge in [-0.15, -0.1) is 0 Å². The number of amides is 2. The van der Waals surface area contributed by atoms with Gasteiger partial charge in [0.1, 0.15) is 11.6 Å². The highest BCUT2D eigenvalue weighted by atomic mass is 32.2. The van der Waals surface area contributed by atoms with Crippen LogP contribution in [-0.2, 0) is 14.3 Å². The SMILES string of the molecule is COC1(CNC(=O)C(=O)Nc2ccc(F)cc2F)CCSC1. The summed E-state index contributed by atoms with van der Waals surface area (Å²) in [6.45, 7) is 0.203. The molecule has 120 valence electrons. The van der Waals surface area contributed by atoms with E-state index in [9.17, 15) is 18.4 Å². The number of carbonyl (C=O) groups excluding carboxylic acids is 2. The quantitative estimate of drug-likeness (QED) is 0.822. The minimum absolute atomic E-state index is 0.203. The van der Waals surface area contributed by atoms with Crippen molar-refractivity contribution in [2.45, 2.75) is 12.0 Å². The van der Waals surface area contributed by atoms with Crippen molar-refractivity contribution in [1.82, 2.24) is 5.32 Å². The predicted molar refractivity (Wildman–Crippen MR) is 79.7 cm³/mol. The molecule has 0 aliphatic carbocycles. The molecule has 0 bridgehead atoms. The Kier molecular flexibility index (Phi) is 5.36. The lowest BCUT2D eigenvalue weighted by atomic mass is 10.0. The van der Waals surface area contributed by atoms with Gasteiger partial charge in [0.25, 0.3) is 0 Å². The van der Waals surface area contributed by atoms with E-state index in [0.717, 1.165) is 30.1 Å². The lowest BCUT2D eigenvalue weighted by molar-refractivity contribution is -0.136. The number of nitrogens with one attached hydrogen (secondary N) is 2. The molecule has 0 spiro atoms. The van der Waals surface area contributed by atoms with Gasteiger partial charge in [0.05, 0.1) is 11.3 Å². The van der Waals surface area contributed by atoms with Crippen molar-refractivity contribution in [3.8, 4) is 0 Å². The summed E-state index contributed by atoms with van der Waals surface area (Å²) < 4.78 is 31.6. The summed E-state index contributed by atoms with van der Waals surface area (Å²) in [6.07, 6.45) is 0.780. The molecule has 8 heteroatoms. The van der Waals surface area contributed by atoms with Crippen LogP contribution in [0.1, 0.15) is 6.42 Å². The smallest absolute Gasteiger partial charge is 0.313 e. The van der Waals surface area contributed by atoms with Crippen LogP contribution in [0.3, 0.4) is 0 Å². The molecular weight excluding hydrogens is 314 g/mol. The van der Waals surface area contributed by atoms with Crippen LogP contribution in [0.2, 0.25) is 0 Å². The Balaban J connectivity index is 1.90. The number of hydrogen-bond acceptors (Lipinski definition) is 4. The fourth-order valence-corrected chi connectivity index (χ4v) is 3.45. The maximum absolute atomic E-state index is 13.4. The number of halogens is 2. The molecule has 0 aromatic heterocycles. The van der Waals surface area contributed by atoms with Gasteiger partial charge in [0, 0.05) is 25.5 Å². The predicted octanol–water partition coefficient (Wildman–Crippen LogP) is 1.54. The molecule has 2 rings (SSSR count). The van der Waals surface area contributed by atoms with E-state index in [1.807, 2.05) is 0 Å². The van der Waals surface area contributed by atoms with Crippen LogP contribution in [0.4, 0.5) is 14.5 Å². The monoisotopic (exact) mass is 330 g/mol. The Labute approximate surface area is 130 Å². The minimum atomic E-state index is -1.01. The summed E-state index contributed by atoms with van der Waals surface area (Å²) in [5.41, 5.74) is -0.721. The normalized spacial score (nSPS) is 20.7. The fraction of sp³-hybridized carbons (Fsp3) is 0.429. The Morgan fingerprint density at radius 2 is 2.14 bits per heavy atom. The van der Waals surface area contributed by atoms with E-state index in [4.69, 9.17) is 4.74 Å². The molecule has 1 fully saturated rings. The first kappa shape index (κ1) is 16.7. The molecular formula is C14H16F2N2O3S. The zero-order valence-corrected chi connectivity index (χ0v) is 12.8. The van der Waals surface area contributed by atoms with Crippen molar-refractivity contribution >= 4 is 29.3 Å². The van der Waals surface area contributed by atoms with Gasteiger partial charge in [-0.05, 0) is 24.3 Å². The summed E-state index contributed by atoms with van der Waals surface area (Å²) in [5.74, 6) is -1.95. The van der Waals surface area contributed by atoms with Gasteiger partial charge in [-0.25, -0.2) is 8.78 Å². The maximum atomic E-state index is 13.4. The minimum Gasteiger partial charge on any atom is -0.376 e. The second-order valence-electron chi connectivity index (χ2n) is 4.95. The number of hydrogen-bond donors (Lipinski definition) is 2. The lowest BCUT2D eigenvalue weighted by Crippen LogP contribution is -2.47. The van der Waals surface area contributed by atoms with Crippen LogP contribution in [0.25, 0.3) is 0 Å². The van der Waals surface area contributed by atoms with E-state index in [0.29, 0.717) is 6.07 Å². The molecule has 2 amide bonds. The van der Waals surface area contributed by atoms with Crippen molar-refractivity contribution in [1.29, 1.82) is 0 Å². The average Bonchev–Trinajstić information content (AvgIpc) is 2.97. The molecule has 0 saturated carbocycles. The van der Waals surface area contributed by atoms with Gasteiger partial charge in [0.15, 0.2) is 0 Å². The van der Waals surface area contributed by atoms with Gasteiger partial charge in [-0.3, -0.25) is 9.59 Å². The lowest BCUT2D eigenvalue weighted by Gasteiger charge is -2.26. The summed E-state index contributed by atoms with van der Waals surface area (Å²) in [5, 5.41) is 4.59. The van der Waals surface area contributed by atoms with Crippen LogP contribution in [0, 0.1) is 11.6 Å². The molecule has 1 aliphatic heterocycles. The molecule has 0 radical (unpaired) electrons. The molecule has 1 saturated heterocycles. The fourth-order valence-electron chi connectivity index (χ4n) is 2.05. The van der Waals surface area contributed by atoms with Gasteiger partial charge in [-0.1, -0.05) is 0 Å².